The maximum Gasteiger partial charge on any atom is 0.335 e. The minimum absolute atomic E-state index is 0.104. The zero-order valence-corrected chi connectivity index (χ0v) is 17.9. The van der Waals surface area contributed by atoms with Crippen LogP contribution in [0.1, 0.15) is 23.6 Å². The van der Waals surface area contributed by atoms with Gasteiger partial charge in [0.2, 0.25) is 0 Å². The van der Waals surface area contributed by atoms with Gasteiger partial charge in [-0.1, -0.05) is 49.4 Å². The number of anilines is 1. The normalized spacial score (nSPS) is 15.0. The number of benzene rings is 3. The van der Waals surface area contributed by atoms with Crippen molar-refractivity contribution < 1.29 is 23.5 Å². The Labute approximate surface area is 190 Å². The monoisotopic (exact) mass is 444 g/mol. The standard InChI is InChI=1S/C26H21FN2O4/c1-2-17-10-12-21(13-11-17)29-25(31)22(24(30)28-26(29)32)15-19-7-3-4-9-23(19)33-16-18-6-5-8-20(27)14-18/h3-15H,2,16H2,1H3,(H,28,30,32)/b22-15-. The summed E-state index contributed by atoms with van der Waals surface area (Å²) in [5.74, 6) is -1.47. The third-order valence-corrected chi connectivity index (χ3v) is 5.21. The molecular formula is C26H21FN2O4. The first-order chi connectivity index (χ1) is 16.0. The summed E-state index contributed by atoms with van der Waals surface area (Å²) in [4.78, 5) is 39.0. The molecule has 0 unspecified atom stereocenters. The largest absolute Gasteiger partial charge is 0.488 e. The van der Waals surface area contributed by atoms with Crippen LogP contribution in [0.4, 0.5) is 14.9 Å². The highest BCUT2D eigenvalue weighted by Gasteiger charge is 2.36. The van der Waals surface area contributed by atoms with Crippen LogP contribution in [0.15, 0.2) is 78.4 Å². The van der Waals surface area contributed by atoms with Gasteiger partial charge in [-0.05, 0) is 54.0 Å². The predicted molar refractivity (Wildman–Crippen MR) is 122 cm³/mol. The third-order valence-electron chi connectivity index (χ3n) is 5.21. The number of halogens is 1. The van der Waals surface area contributed by atoms with Crippen LogP contribution in [0.2, 0.25) is 0 Å². The van der Waals surface area contributed by atoms with Crippen molar-refractivity contribution in [1.29, 1.82) is 0 Å². The highest BCUT2D eigenvalue weighted by atomic mass is 19.1. The molecule has 166 valence electrons. The maximum atomic E-state index is 13.4. The second-order valence-electron chi connectivity index (χ2n) is 7.43. The van der Waals surface area contributed by atoms with Crippen molar-refractivity contribution in [1.82, 2.24) is 5.32 Å². The van der Waals surface area contributed by atoms with Crippen molar-refractivity contribution in [2.75, 3.05) is 4.90 Å². The summed E-state index contributed by atoms with van der Waals surface area (Å²) in [6.45, 7) is 2.10. The Balaban J connectivity index is 1.62. The fourth-order valence-electron chi connectivity index (χ4n) is 3.45. The van der Waals surface area contributed by atoms with Crippen molar-refractivity contribution in [2.45, 2.75) is 20.0 Å². The van der Waals surface area contributed by atoms with Crippen LogP contribution >= 0.6 is 0 Å². The molecule has 1 saturated heterocycles. The van der Waals surface area contributed by atoms with E-state index in [-0.39, 0.29) is 18.0 Å². The number of barbiturate groups is 1. The van der Waals surface area contributed by atoms with Crippen LogP contribution in [-0.4, -0.2) is 17.8 Å². The summed E-state index contributed by atoms with van der Waals surface area (Å²) in [6, 6.07) is 19.1. The Morgan fingerprint density at radius 3 is 2.42 bits per heavy atom. The number of ether oxygens (including phenoxy) is 1. The van der Waals surface area contributed by atoms with Gasteiger partial charge in [0.05, 0.1) is 5.69 Å². The van der Waals surface area contributed by atoms with Crippen LogP contribution < -0.4 is 15.0 Å². The van der Waals surface area contributed by atoms with Crippen LogP contribution in [0.3, 0.4) is 0 Å². The van der Waals surface area contributed by atoms with Crippen molar-refractivity contribution in [2.24, 2.45) is 0 Å². The topological polar surface area (TPSA) is 75.7 Å². The number of carbonyl (C=O) groups is 3. The number of hydrogen-bond donors (Lipinski definition) is 1. The van der Waals surface area contributed by atoms with E-state index in [1.54, 1.807) is 48.5 Å². The molecule has 1 aliphatic heterocycles. The molecule has 1 aliphatic rings. The van der Waals surface area contributed by atoms with E-state index in [0.717, 1.165) is 16.9 Å². The van der Waals surface area contributed by atoms with Gasteiger partial charge in [-0.15, -0.1) is 0 Å². The highest BCUT2D eigenvalue weighted by molar-refractivity contribution is 6.39. The van der Waals surface area contributed by atoms with Crippen LogP contribution in [0.25, 0.3) is 6.08 Å². The Kier molecular flexibility index (Phi) is 6.31. The van der Waals surface area contributed by atoms with Crippen molar-refractivity contribution in [3.05, 3.63) is 101 Å². The van der Waals surface area contributed by atoms with Gasteiger partial charge in [-0.25, -0.2) is 14.1 Å². The van der Waals surface area contributed by atoms with Gasteiger partial charge in [0.1, 0.15) is 23.7 Å². The maximum absolute atomic E-state index is 13.4. The minimum atomic E-state index is -0.804. The molecule has 6 nitrogen and oxygen atoms in total. The molecule has 3 aromatic carbocycles. The average molecular weight is 444 g/mol. The average Bonchev–Trinajstić information content (AvgIpc) is 2.81. The van der Waals surface area contributed by atoms with Crippen LogP contribution in [0.5, 0.6) is 5.75 Å². The van der Waals surface area contributed by atoms with Gasteiger partial charge in [0.15, 0.2) is 0 Å². The first kappa shape index (κ1) is 22.0. The lowest BCUT2D eigenvalue weighted by Gasteiger charge is -2.26. The predicted octanol–water partition coefficient (Wildman–Crippen LogP) is 4.63. The molecule has 0 atom stereocenters. The van der Waals surface area contributed by atoms with E-state index in [1.165, 1.54) is 18.2 Å². The molecule has 0 bridgehead atoms. The first-order valence-corrected chi connectivity index (χ1v) is 10.4. The van der Waals surface area contributed by atoms with E-state index in [1.807, 2.05) is 19.1 Å². The van der Waals surface area contributed by atoms with Crippen LogP contribution in [0, 0.1) is 5.82 Å². The number of imide groups is 2. The molecule has 0 radical (unpaired) electrons. The summed E-state index contributed by atoms with van der Waals surface area (Å²) in [6.07, 6.45) is 2.20. The minimum Gasteiger partial charge on any atom is -0.488 e. The van der Waals surface area contributed by atoms with Crippen molar-refractivity contribution in [3.63, 3.8) is 0 Å². The van der Waals surface area contributed by atoms with E-state index in [2.05, 4.69) is 5.32 Å². The van der Waals surface area contributed by atoms with Gasteiger partial charge in [0, 0.05) is 5.56 Å². The fourth-order valence-corrected chi connectivity index (χ4v) is 3.45. The zero-order valence-electron chi connectivity index (χ0n) is 17.9. The molecule has 1 heterocycles. The number of amides is 4. The Bertz CT molecular complexity index is 1250. The lowest BCUT2D eigenvalue weighted by atomic mass is 10.1. The van der Waals surface area contributed by atoms with Gasteiger partial charge in [-0.2, -0.15) is 0 Å². The van der Waals surface area contributed by atoms with Gasteiger partial charge in [-0.3, -0.25) is 14.9 Å². The number of hydrogen-bond acceptors (Lipinski definition) is 4. The summed E-state index contributed by atoms with van der Waals surface area (Å²) in [5.41, 5.74) is 2.33. The molecule has 4 rings (SSSR count). The Morgan fingerprint density at radius 1 is 0.939 bits per heavy atom. The number of aryl methyl sites for hydroxylation is 1. The zero-order chi connectivity index (χ0) is 23.4. The fraction of sp³-hybridized carbons (Fsp3) is 0.115. The Hall–Kier alpha value is -4.26. The lowest BCUT2D eigenvalue weighted by molar-refractivity contribution is -0.122. The van der Waals surface area contributed by atoms with Crippen molar-refractivity contribution >= 4 is 29.6 Å². The van der Waals surface area contributed by atoms with E-state index in [9.17, 15) is 18.8 Å². The lowest BCUT2D eigenvalue weighted by Crippen LogP contribution is -2.54. The summed E-state index contributed by atoms with van der Waals surface area (Å²) in [7, 11) is 0. The Morgan fingerprint density at radius 2 is 1.70 bits per heavy atom. The van der Waals surface area contributed by atoms with E-state index >= 15 is 0 Å². The molecular weight excluding hydrogens is 423 g/mol. The number of para-hydroxylation sites is 1. The molecule has 0 spiro atoms. The number of urea groups is 1. The number of carbonyl (C=O) groups excluding carboxylic acids is 3. The molecule has 3 aromatic rings. The molecule has 1 N–H and O–H groups in total. The molecule has 4 amide bonds. The summed E-state index contributed by atoms with van der Waals surface area (Å²) >= 11 is 0. The summed E-state index contributed by atoms with van der Waals surface area (Å²) < 4.78 is 19.3. The molecule has 1 fully saturated rings. The highest BCUT2D eigenvalue weighted by Crippen LogP contribution is 2.26. The van der Waals surface area contributed by atoms with Gasteiger partial charge < -0.3 is 4.74 Å². The van der Waals surface area contributed by atoms with E-state index in [4.69, 9.17) is 4.74 Å². The number of nitrogens with one attached hydrogen (secondary N) is 1. The quantitative estimate of drug-likeness (QED) is 0.444. The number of nitrogens with zero attached hydrogens (tertiary/aromatic N) is 1. The summed E-state index contributed by atoms with van der Waals surface area (Å²) in [5, 5.41) is 2.22. The number of rotatable bonds is 6. The molecule has 0 saturated carbocycles. The van der Waals surface area contributed by atoms with Gasteiger partial charge in [0.25, 0.3) is 11.8 Å². The van der Waals surface area contributed by atoms with Gasteiger partial charge >= 0.3 is 6.03 Å². The SMILES string of the molecule is CCc1ccc(N2C(=O)NC(=O)/C(=C/c3ccccc3OCc3cccc(F)c3)C2=O)cc1. The van der Waals surface area contributed by atoms with Crippen molar-refractivity contribution in [3.8, 4) is 5.75 Å². The second-order valence-corrected chi connectivity index (χ2v) is 7.43. The van der Waals surface area contributed by atoms with E-state index in [0.29, 0.717) is 22.6 Å². The second kappa shape index (κ2) is 9.48. The smallest absolute Gasteiger partial charge is 0.335 e. The van der Waals surface area contributed by atoms with E-state index < -0.39 is 17.8 Å². The first-order valence-electron chi connectivity index (χ1n) is 10.4. The van der Waals surface area contributed by atoms with Crippen LogP contribution in [-0.2, 0) is 22.6 Å². The third kappa shape index (κ3) is 4.82. The molecule has 7 heteroatoms. The molecule has 0 aliphatic carbocycles. The molecule has 33 heavy (non-hydrogen) atoms. The molecule has 0 aromatic heterocycles.